The van der Waals surface area contributed by atoms with Gasteiger partial charge >= 0.3 is 5.97 Å². The third-order valence-corrected chi connectivity index (χ3v) is 1.99. The number of benzene rings is 1. The van der Waals surface area contributed by atoms with E-state index in [2.05, 4.69) is 0 Å². The molecular formula is C11H8Cl2O2. The molecule has 15 heavy (non-hydrogen) atoms. The van der Waals surface area contributed by atoms with E-state index in [4.69, 9.17) is 28.3 Å². The van der Waals surface area contributed by atoms with E-state index in [1.165, 1.54) is 23.2 Å². The zero-order valence-corrected chi connectivity index (χ0v) is 9.16. The highest BCUT2D eigenvalue weighted by molar-refractivity contribution is 6.27. The first-order valence-corrected chi connectivity index (χ1v) is 4.96. The van der Waals surface area contributed by atoms with Gasteiger partial charge in [0.25, 0.3) is 0 Å². The van der Waals surface area contributed by atoms with Crippen molar-refractivity contribution in [2.45, 2.75) is 0 Å². The standard InChI is InChI=1S/C11H8Cl2O2/c12-3-1-8-5-9(2-4-13)7-10(6-8)11(14)15/h1-7H,(H,14,15). The number of aromatic carboxylic acids is 1. The molecule has 1 N–H and O–H groups in total. The lowest BCUT2D eigenvalue weighted by atomic mass is 10.1. The molecular weight excluding hydrogens is 235 g/mol. The second-order valence-electron chi connectivity index (χ2n) is 2.78. The summed E-state index contributed by atoms with van der Waals surface area (Å²) in [5, 5.41) is 8.86. The summed E-state index contributed by atoms with van der Waals surface area (Å²) in [6, 6.07) is 4.85. The lowest BCUT2D eigenvalue weighted by Gasteiger charge is -2.00. The Hall–Kier alpha value is -1.25. The fraction of sp³-hybridized carbons (Fsp3) is 0. The van der Waals surface area contributed by atoms with Crippen molar-refractivity contribution in [3.8, 4) is 0 Å². The van der Waals surface area contributed by atoms with Crippen LogP contribution in [-0.4, -0.2) is 11.1 Å². The van der Waals surface area contributed by atoms with Crippen molar-refractivity contribution in [3.05, 3.63) is 46.0 Å². The number of carboxylic acid groups (broad SMARTS) is 1. The Balaban J connectivity index is 3.25. The van der Waals surface area contributed by atoms with Crippen LogP contribution in [0.2, 0.25) is 0 Å². The van der Waals surface area contributed by atoms with Gasteiger partial charge in [-0.05, 0) is 41.5 Å². The van der Waals surface area contributed by atoms with Crippen molar-refractivity contribution in [1.82, 2.24) is 0 Å². The highest BCUT2D eigenvalue weighted by atomic mass is 35.5. The number of halogens is 2. The molecule has 0 aliphatic heterocycles. The fourth-order valence-corrected chi connectivity index (χ4v) is 1.43. The highest BCUT2D eigenvalue weighted by Gasteiger charge is 2.04. The predicted molar refractivity (Wildman–Crippen MR) is 63.2 cm³/mol. The van der Waals surface area contributed by atoms with Gasteiger partial charge in [-0.25, -0.2) is 4.79 Å². The molecule has 2 nitrogen and oxygen atoms in total. The minimum Gasteiger partial charge on any atom is -0.478 e. The van der Waals surface area contributed by atoms with Gasteiger partial charge in [0, 0.05) is 11.1 Å². The molecule has 0 aliphatic carbocycles. The Morgan fingerprint density at radius 2 is 1.53 bits per heavy atom. The zero-order valence-electron chi connectivity index (χ0n) is 7.65. The summed E-state index contributed by atoms with van der Waals surface area (Å²) in [6.07, 6.45) is 3.22. The van der Waals surface area contributed by atoms with Crippen molar-refractivity contribution >= 4 is 41.3 Å². The van der Waals surface area contributed by atoms with Crippen LogP contribution in [0.3, 0.4) is 0 Å². The minimum atomic E-state index is -0.982. The van der Waals surface area contributed by atoms with Gasteiger partial charge in [0.2, 0.25) is 0 Å². The normalized spacial score (nSPS) is 11.3. The molecule has 0 unspecified atom stereocenters. The van der Waals surface area contributed by atoms with Crippen LogP contribution in [-0.2, 0) is 0 Å². The molecule has 0 spiro atoms. The van der Waals surface area contributed by atoms with E-state index in [1.54, 1.807) is 18.2 Å². The maximum atomic E-state index is 10.8. The molecule has 0 saturated carbocycles. The van der Waals surface area contributed by atoms with E-state index in [-0.39, 0.29) is 5.56 Å². The van der Waals surface area contributed by atoms with Gasteiger partial charge in [-0.2, -0.15) is 0 Å². The molecule has 78 valence electrons. The molecule has 0 bridgehead atoms. The van der Waals surface area contributed by atoms with Crippen LogP contribution in [0, 0.1) is 0 Å². The Labute approximate surface area is 97.4 Å². The largest absolute Gasteiger partial charge is 0.478 e. The molecule has 0 amide bonds. The van der Waals surface area contributed by atoms with E-state index in [0.29, 0.717) is 0 Å². The molecule has 4 heteroatoms. The fourth-order valence-electron chi connectivity index (χ4n) is 1.14. The molecule has 0 saturated heterocycles. The maximum Gasteiger partial charge on any atom is 0.335 e. The maximum absolute atomic E-state index is 10.8. The Morgan fingerprint density at radius 3 is 1.87 bits per heavy atom. The summed E-state index contributed by atoms with van der Waals surface area (Å²) >= 11 is 10.9. The molecule has 0 heterocycles. The first kappa shape index (κ1) is 11.8. The number of hydrogen-bond acceptors (Lipinski definition) is 1. The summed E-state index contributed by atoms with van der Waals surface area (Å²) in [7, 11) is 0. The van der Waals surface area contributed by atoms with Crippen LogP contribution in [0.1, 0.15) is 21.5 Å². The van der Waals surface area contributed by atoms with Gasteiger partial charge < -0.3 is 5.11 Å². The third kappa shape index (κ3) is 3.42. The number of carboxylic acids is 1. The van der Waals surface area contributed by atoms with Crippen molar-refractivity contribution in [3.63, 3.8) is 0 Å². The Bertz CT molecular complexity index is 392. The summed E-state index contributed by atoms with van der Waals surface area (Å²) in [5.74, 6) is -0.982. The lowest BCUT2D eigenvalue weighted by Crippen LogP contribution is -1.97. The summed E-state index contributed by atoms with van der Waals surface area (Å²) < 4.78 is 0. The van der Waals surface area contributed by atoms with Crippen molar-refractivity contribution in [2.75, 3.05) is 0 Å². The average Bonchev–Trinajstić information content (AvgIpc) is 2.18. The SMILES string of the molecule is O=C(O)c1cc(C=CCl)cc(C=CCl)c1. The van der Waals surface area contributed by atoms with Crippen molar-refractivity contribution in [2.24, 2.45) is 0 Å². The predicted octanol–water partition coefficient (Wildman–Crippen LogP) is 3.80. The second-order valence-corrected chi connectivity index (χ2v) is 3.28. The van der Waals surface area contributed by atoms with Crippen LogP contribution >= 0.6 is 23.2 Å². The van der Waals surface area contributed by atoms with Crippen molar-refractivity contribution < 1.29 is 9.90 Å². The topological polar surface area (TPSA) is 37.3 Å². The van der Waals surface area contributed by atoms with Gasteiger partial charge in [-0.1, -0.05) is 23.2 Å². The van der Waals surface area contributed by atoms with Gasteiger partial charge in [-0.15, -0.1) is 0 Å². The molecule has 0 aliphatic rings. The van der Waals surface area contributed by atoms with E-state index in [1.807, 2.05) is 0 Å². The molecule has 1 aromatic carbocycles. The molecule has 1 aromatic rings. The number of hydrogen-bond donors (Lipinski definition) is 1. The summed E-state index contributed by atoms with van der Waals surface area (Å²) in [5.41, 5.74) is 4.29. The van der Waals surface area contributed by atoms with Crippen LogP contribution < -0.4 is 0 Å². The average molecular weight is 243 g/mol. The second kappa shape index (κ2) is 5.59. The van der Waals surface area contributed by atoms with Crippen LogP contribution in [0.15, 0.2) is 29.3 Å². The van der Waals surface area contributed by atoms with Gasteiger partial charge in [-0.3, -0.25) is 0 Å². The van der Waals surface area contributed by atoms with Crippen LogP contribution in [0.25, 0.3) is 12.2 Å². The van der Waals surface area contributed by atoms with E-state index >= 15 is 0 Å². The van der Waals surface area contributed by atoms with Gasteiger partial charge in [0.15, 0.2) is 0 Å². The Kier molecular flexibility index (Phi) is 4.40. The molecule has 0 aromatic heterocycles. The Morgan fingerprint density at radius 1 is 1.07 bits per heavy atom. The quantitative estimate of drug-likeness (QED) is 0.876. The van der Waals surface area contributed by atoms with Crippen LogP contribution in [0.4, 0.5) is 0 Å². The van der Waals surface area contributed by atoms with E-state index in [9.17, 15) is 4.79 Å². The summed E-state index contributed by atoms with van der Waals surface area (Å²) in [6.45, 7) is 0. The molecule has 0 fully saturated rings. The third-order valence-electron chi connectivity index (χ3n) is 1.74. The van der Waals surface area contributed by atoms with Crippen molar-refractivity contribution in [1.29, 1.82) is 0 Å². The summed E-state index contributed by atoms with van der Waals surface area (Å²) in [4.78, 5) is 10.8. The van der Waals surface area contributed by atoms with E-state index < -0.39 is 5.97 Å². The zero-order chi connectivity index (χ0) is 11.3. The lowest BCUT2D eigenvalue weighted by molar-refractivity contribution is 0.0697. The monoisotopic (exact) mass is 242 g/mol. The first-order valence-electron chi connectivity index (χ1n) is 4.09. The highest BCUT2D eigenvalue weighted by Crippen LogP contribution is 2.14. The number of carbonyl (C=O) groups is 1. The smallest absolute Gasteiger partial charge is 0.335 e. The van der Waals surface area contributed by atoms with E-state index in [0.717, 1.165) is 11.1 Å². The van der Waals surface area contributed by atoms with Gasteiger partial charge in [0.05, 0.1) is 5.56 Å². The number of rotatable bonds is 3. The first-order chi connectivity index (χ1) is 7.17. The molecule has 0 radical (unpaired) electrons. The van der Waals surface area contributed by atoms with Crippen LogP contribution in [0.5, 0.6) is 0 Å². The molecule has 1 rings (SSSR count). The molecule has 0 atom stereocenters. The minimum absolute atomic E-state index is 0.201. The van der Waals surface area contributed by atoms with Gasteiger partial charge in [0.1, 0.15) is 0 Å².